The lowest BCUT2D eigenvalue weighted by atomic mass is 10.0. The molecule has 0 unspecified atom stereocenters. The molecule has 0 amide bonds. The molecule has 4 rings (SSSR count). The summed E-state index contributed by atoms with van der Waals surface area (Å²) in [6.07, 6.45) is 0. The third-order valence-electron chi connectivity index (χ3n) is 4.40. The first-order valence-corrected chi connectivity index (χ1v) is 10.7. The fraction of sp³-hybridized carbons (Fsp3) is 0. The minimum absolute atomic E-state index is 0.682. The van der Waals surface area contributed by atoms with Gasteiger partial charge >= 0.3 is 0 Å². The topological polar surface area (TPSA) is 3.24 Å². The Kier molecular flexibility index (Phi) is 5.86. The van der Waals surface area contributed by atoms with E-state index in [1.54, 1.807) is 0 Å². The largest absolute Gasteiger partial charge is 0.310 e. The van der Waals surface area contributed by atoms with Crippen molar-refractivity contribution in [2.45, 2.75) is 0 Å². The Labute approximate surface area is 186 Å². The van der Waals surface area contributed by atoms with Crippen LogP contribution in [0.1, 0.15) is 0 Å². The average Bonchev–Trinajstić information content (AvgIpc) is 2.69. The molecule has 1 nitrogen and oxygen atoms in total. The highest BCUT2D eigenvalue weighted by atomic mass is 79.9. The number of hydrogen-bond donors (Lipinski definition) is 0. The molecular weight excluding hydrogens is 498 g/mol. The van der Waals surface area contributed by atoms with E-state index in [0.717, 1.165) is 31.6 Å². The summed E-state index contributed by atoms with van der Waals surface area (Å²) < 4.78 is 1.96. The van der Waals surface area contributed by atoms with Crippen LogP contribution in [0.15, 0.2) is 106 Å². The summed E-state index contributed by atoms with van der Waals surface area (Å²) in [5, 5.41) is 0.682. The molecule has 0 saturated heterocycles. The molecular formula is C24H16Br2ClN. The van der Waals surface area contributed by atoms with Gasteiger partial charge in [0.15, 0.2) is 0 Å². The molecule has 0 heterocycles. The molecule has 0 spiro atoms. The molecule has 4 aromatic carbocycles. The third-order valence-corrected chi connectivity index (χ3v) is 5.57. The van der Waals surface area contributed by atoms with Crippen LogP contribution in [0.3, 0.4) is 0 Å². The number of nitrogens with zero attached hydrogens (tertiary/aromatic N) is 1. The molecule has 0 fully saturated rings. The Balaban J connectivity index is 1.97. The Morgan fingerprint density at radius 2 is 1.32 bits per heavy atom. The lowest BCUT2D eigenvalue weighted by Gasteiger charge is -2.28. The molecule has 4 aromatic rings. The van der Waals surface area contributed by atoms with Gasteiger partial charge in [-0.1, -0.05) is 98.1 Å². The van der Waals surface area contributed by atoms with E-state index < -0.39 is 0 Å². The van der Waals surface area contributed by atoms with Gasteiger partial charge in [0, 0.05) is 30.9 Å². The number of benzene rings is 4. The molecule has 0 bridgehead atoms. The van der Waals surface area contributed by atoms with Crippen LogP contribution < -0.4 is 4.90 Å². The van der Waals surface area contributed by atoms with E-state index in [4.69, 9.17) is 11.6 Å². The lowest BCUT2D eigenvalue weighted by Crippen LogP contribution is -2.11. The van der Waals surface area contributed by atoms with Crippen molar-refractivity contribution in [3.05, 3.63) is 111 Å². The van der Waals surface area contributed by atoms with E-state index in [-0.39, 0.29) is 0 Å². The van der Waals surface area contributed by atoms with Crippen LogP contribution in [0.4, 0.5) is 17.1 Å². The minimum Gasteiger partial charge on any atom is -0.310 e. The molecule has 28 heavy (non-hydrogen) atoms. The molecule has 0 radical (unpaired) electrons. The Morgan fingerprint density at radius 1 is 0.607 bits per heavy atom. The zero-order valence-corrected chi connectivity index (χ0v) is 18.7. The number of halogens is 3. The van der Waals surface area contributed by atoms with Gasteiger partial charge in [-0.05, 0) is 48.0 Å². The van der Waals surface area contributed by atoms with Crippen LogP contribution in [0.2, 0.25) is 5.02 Å². The van der Waals surface area contributed by atoms with Crippen molar-refractivity contribution >= 4 is 60.5 Å². The first-order chi connectivity index (χ1) is 13.6. The fourth-order valence-corrected chi connectivity index (χ4v) is 4.47. The number of rotatable bonds is 4. The zero-order chi connectivity index (χ0) is 19.5. The van der Waals surface area contributed by atoms with Crippen molar-refractivity contribution in [3.63, 3.8) is 0 Å². The standard InChI is InChI=1S/C24H16Br2ClN/c25-18-9-6-10-21(14-18)28(22-15-19(26)13-20(27)16-22)24-12-5-4-11-23(24)17-7-2-1-3-8-17/h1-16H. The van der Waals surface area contributed by atoms with Gasteiger partial charge in [0.25, 0.3) is 0 Å². The molecule has 0 aliphatic heterocycles. The normalized spacial score (nSPS) is 10.7. The van der Waals surface area contributed by atoms with Gasteiger partial charge in [-0.25, -0.2) is 0 Å². The molecule has 138 valence electrons. The first kappa shape index (κ1) is 19.3. The maximum atomic E-state index is 6.39. The van der Waals surface area contributed by atoms with Crippen molar-refractivity contribution in [1.82, 2.24) is 0 Å². The number of para-hydroxylation sites is 1. The second-order valence-electron chi connectivity index (χ2n) is 6.33. The van der Waals surface area contributed by atoms with Crippen molar-refractivity contribution in [2.75, 3.05) is 4.90 Å². The van der Waals surface area contributed by atoms with E-state index in [2.05, 4.69) is 103 Å². The summed E-state index contributed by atoms with van der Waals surface area (Å²) >= 11 is 13.6. The van der Waals surface area contributed by atoms with Crippen molar-refractivity contribution in [3.8, 4) is 11.1 Å². The Hall–Kier alpha value is -2.07. The predicted octanol–water partition coefficient (Wildman–Crippen LogP) is 9.00. The highest BCUT2D eigenvalue weighted by Gasteiger charge is 2.17. The zero-order valence-electron chi connectivity index (χ0n) is 14.8. The monoisotopic (exact) mass is 511 g/mol. The second-order valence-corrected chi connectivity index (χ2v) is 8.59. The van der Waals surface area contributed by atoms with E-state index >= 15 is 0 Å². The first-order valence-electron chi connectivity index (χ1n) is 8.78. The van der Waals surface area contributed by atoms with E-state index in [1.807, 2.05) is 30.3 Å². The fourth-order valence-electron chi connectivity index (χ4n) is 3.24. The molecule has 0 atom stereocenters. The highest BCUT2D eigenvalue weighted by molar-refractivity contribution is 9.10. The highest BCUT2D eigenvalue weighted by Crippen LogP contribution is 2.42. The maximum absolute atomic E-state index is 6.39. The lowest BCUT2D eigenvalue weighted by molar-refractivity contribution is 1.28. The van der Waals surface area contributed by atoms with Crippen LogP contribution in [-0.4, -0.2) is 0 Å². The molecule has 0 N–H and O–H groups in total. The summed E-state index contributed by atoms with van der Waals surface area (Å²) in [5.41, 5.74) is 5.44. The molecule has 0 aliphatic rings. The quantitative estimate of drug-likeness (QED) is 0.263. The van der Waals surface area contributed by atoms with Gasteiger partial charge in [0.1, 0.15) is 0 Å². The van der Waals surface area contributed by atoms with E-state index in [0.29, 0.717) is 5.02 Å². The van der Waals surface area contributed by atoms with Crippen molar-refractivity contribution in [2.24, 2.45) is 0 Å². The van der Waals surface area contributed by atoms with Crippen LogP contribution >= 0.6 is 43.5 Å². The van der Waals surface area contributed by atoms with Gasteiger partial charge in [0.2, 0.25) is 0 Å². The molecule has 0 aromatic heterocycles. The van der Waals surface area contributed by atoms with Gasteiger partial charge < -0.3 is 4.90 Å². The van der Waals surface area contributed by atoms with Crippen molar-refractivity contribution < 1.29 is 0 Å². The van der Waals surface area contributed by atoms with Crippen LogP contribution in [-0.2, 0) is 0 Å². The Bertz CT molecular complexity index is 1090. The summed E-state index contributed by atoms with van der Waals surface area (Å²) in [5.74, 6) is 0. The van der Waals surface area contributed by atoms with E-state index in [1.165, 1.54) is 5.56 Å². The molecule has 0 aliphatic carbocycles. The third kappa shape index (κ3) is 4.17. The van der Waals surface area contributed by atoms with Crippen LogP contribution in [0.25, 0.3) is 11.1 Å². The second kappa shape index (κ2) is 8.52. The predicted molar refractivity (Wildman–Crippen MR) is 127 cm³/mol. The van der Waals surface area contributed by atoms with Gasteiger partial charge in [-0.15, -0.1) is 0 Å². The molecule has 0 saturated carbocycles. The van der Waals surface area contributed by atoms with Crippen molar-refractivity contribution in [1.29, 1.82) is 0 Å². The molecule has 4 heteroatoms. The summed E-state index contributed by atoms with van der Waals surface area (Å²) in [6, 6.07) is 33.1. The van der Waals surface area contributed by atoms with Gasteiger partial charge in [0.05, 0.1) is 5.69 Å². The van der Waals surface area contributed by atoms with E-state index in [9.17, 15) is 0 Å². The minimum atomic E-state index is 0.682. The Morgan fingerprint density at radius 3 is 2.07 bits per heavy atom. The van der Waals surface area contributed by atoms with Gasteiger partial charge in [-0.3, -0.25) is 0 Å². The van der Waals surface area contributed by atoms with Crippen LogP contribution in [0.5, 0.6) is 0 Å². The average molecular weight is 514 g/mol. The smallest absolute Gasteiger partial charge is 0.0540 e. The summed E-state index contributed by atoms with van der Waals surface area (Å²) in [6.45, 7) is 0. The number of anilines is 3. The number of hydrogen-bond acceptors (Lipinski definition) is 1. The summed E-state index contributed by atoms with van der Waals surface area (Å²) in [7, 11) is 0. The van der Waals surface area contributed by atoms with Gasteiger partial charge in [-0.2, -0.15) is 0 Å². The summed E-state index contributed by atoms with van der Waals surface area (Å²) in [4.78, 5) is 2.23. The maximum Gasteiger partial charge on any atom is 0.0540 e. The SMILES string of the molecule is Clc1cc(Br)cc(N(c2cccc(Br)c2)c2ccccc2-c2ccccc2)c1. The van der Waals surface area contributed by atoms with Crippen LogP contribution in [0, 0.1) is 0 Å².